The van der Waals surface area contributed by atoms with Crippen molar-refractivity contribution in [3.05, 3.63) is 354 Å². The Hall–Kier alpha value is -11.3. The van der Waals surface area contributed by atoms with Crippen LogP contribution in [0.1, 0.15) is 0 Å². The second-order valence-corrected chi connectivity index (χ2v) is 25.7. The highest BCUT2D eigenvalue weighted by molar-refractivity contribution is 7.79. The van der Waals surface area contributed by atoms with E-state index < -0.39 is 289 Å². The molecule has 0 saturated heterocycles. The fraction of sp³-hybridized carbons (Fsp3) is 0. The van der Waals surface area contributed by atoms with Gasteiger partial charge in [-0.2, -0.15) is 0 Å². The van der Waals surface area contributed by atoms with Gasteiger partial charge in [0, 0.05) is 23.5 Å². The molecule has 0 aliphatic carbocycles. The van der Waals surface area contributed by atoms with Crippen molar-refractivity contribution in [1.29, 1.82) is 0 Å². The van der Waals surface area contributed by atoms with Gasteiger partial charge in [-0.05, 0) is 48.5 Å². The Kier molecular flexibility index (Phi) is 26.2. The Bertz CT molecular complexity index is 4690. The summed E-state index contributed by atoms with van der Waals surface area (Å²) < 4.78 is 588. The zero-order valence-electron chi connectivity index (χ0n) is 54.7. The first kappa shape index (κ1) is 88.6. The Morgan fingerprint density at radius 1 is 0.112 bits per heavy atom. The van der Waals surface area contributed by atoms with Gasteiger partial charge in [0.25, 0.3) is 0 Å². The predicted octanol–water partition coefficient (Wildman–Crippen LogP) is 17.5. The van der Waals surface area contributed by atoms with Gasteiger partial charge in [-0.25, -0.2) is 176 Å². The van der Waals surface area contributed by atoms with Gasteiger partial charge in [-0.1, -0.05) is 72.8 Å². The minimum Gasteiger partial charge on any atom is -0.207 e. The van der Waals surface area contributed by atoms with Crippen LogP contribution in [0.4, 0.5) is 176 Å². The maximum atomic E-state index is 15.4. The normalized spacial score (nSPS) is 11.5. The van der Waals surface area contributed by atoms with Gasteiger partial charge in [0.15, 0.2) is 159 Å². The molecule has 0 aromatic heterocycles. The number of hydrogen-bond donors (Lipinski definition) is 0. The summed E-state index contributed by atoms with van der Waals surface area (Å²) in [5.41, 5.74) is -28.7. The maximum absolute atomic E-state index is 15.4. The SMILES string of the molecule is Fc1c(F)c(F)c([B-](c2c(F)c(F)c(F)c(F)c2F)(c2c(F)c(F)c(F)c(F)c2F)c2c(F)c(F)c(F)c(F)c2F)c(F)c1F.Fc1c(F)c(F)c([B-](c2c(F)c(F)c(F)c(F)c2F)(c2c(F)c(F)c(F)c(F)c2F)c2c(F)c(F)c(F)c(F)c2F)c(F)c1F.c1ccc([SH+]c2ccccc2)cc1.c1ccc([SH+]c2ccccc2)cc1. The molecule has 0 aliphatic heterocycles. The fourth-order valence-electron chi connectivity index (χ4n) is 12.1. The van der Waals surface area contributed by atoms with Crippen molar-refractivity contribution >= 4 is 79.5 Å². The molecular formula is C72H22B2F40S2. The first-order chi connectivity index (χ1) is 54.3. The number of thiol groups is 2. The Morgan fingerprint density at radius 3 is 0.276 bits per heavy atom. The standard InChI is InChI=1S/2C24BF20.2C12H10S/c2*26-5-1(6(27)14(35)21(42)13(5)34)25(2-7(28)15(36)22(43)16(37)8(2)29,3-9(30)17(38)23(44)18(39)10(3)31)4-11(32)19(40)24(45)20(41)12(4)33;2*1-3-7-11(8-4-1)13-12-9-5-2-6-10-12/h;;2*1-10H/q2*-1;;/p+2. The van der Waals surface area contributed by atoms with Crippen LogP contribution in [0.3, 0.4) is 0 Å². The molecular weight excluding hydrogens is 1710 g/mol. The van der Waals surface area contributed by atoms with Crippen molar-refractivity contribution in [2.45, 2.75) is 19.6 Å². The predicted molar refractivity (Wildman–Crippen MR) is 335 cm³/mol. The maximum Gasteiger partial charge on any atom is 0.200 e. The average Bonchev–Trinajstić information content (AvgIpc) is 0.685. The molecule has 0 nitrogen and oxygen atoms in total. The van der Waals surface area contributed by atoms with E-state index in [1.807, 2.05) is 24.3 Å². The molecule has 44 heteroatoms. The topological polar surface area (TPSA) is 0 Å². The van der Waals surface area contributed by atoms with Crippen LogP contribution in [0.2, 0.25) is 0 Å². The monoisotopic (exact) mass is 1730 g/mol. The number of hydrogen-bond acceptors (Lipinski definition) is 0. The van der Waals surface area contributed by atoms with Crippen molar-refractivity contribution in [2.75, 3.05) is 0 Å². The zero-order chi connectivity index (χ0) is 86.6. The van der Waals surface area contributed by atoms with Crippen molar-refractivity contribution < 1.29 is 176 Å². The molecule has 0 amide bonds. The highest BCUT2D eigenvalue weighted by atomic mass is 32.2. The summed E-state index contributed by atoms with van der Waals surface area (Å²) in [4.78, 5) is 5.37. The average molecular weight is 1730 g/mol. The number of rotatable bonds is 12. The van der Waals surface area contributed by atoms with Gasteiger partial charge in [-0.15, -0.1) is 43.7 Å². The van der Waals surface area contributed by atoms with Crippen LogP contribution in [0.5, 0.6) is 0 Å². The largest absolute Gasteiger partial charge is 0.207 e. The molecule has 0 N–H and O–H groups in total. The lowest BCUT2D eigenvalue weighted by Crippen LogP contribution is -2.81. The van der Waals surface area contributed by atoms with Crippen LogP contribution in [0.15, 0.2) is 141 Å². The first-order valence-electron chi connectivity index (χ1n) is 30.4. The summed E-state index contributed by atoms with van der Waals surface area (Å²) in [5, 5.41) is 0. The van der Waals surface area contributed by atoms with Crippen LogP contribution in [-0.4, -0.2) is 12.3 Å². The molecule has 0 unspecified atom stereocenters. The van der Waals surface area contributed by atoms with E-state index in [-0.39, 0.29) is 0 Å². The minimum atomic E-state index is -7.22. The van der Waals surface area contributed by atoms with E-state index in [0.29, 0.717) is 0 Å². The summed E-state index contributed by atoms with van der Waals surface area (Å²) in [6.07, 6.45) is -14.4. The van der Waals surface area contributed by atoms with Crippen LogP contribution >= 0.6 is 0 Å². The van der Waals surface area contributed by atoms with E-state index in [1.165, 1.54) is 43.1 Å². The lowest BCUT2D eigenvalue weighted by atomic mass is 9.12. The van der Waals surface area contributed by atoms with Crippen molar-refractivity contribution in [3.63, 3.8) is 0 Å². The van der Waals surface area contributed by atoms with Crippen LogP contribution in [-0.2, 0) is 23.5 Å². The third-order valence-corrected chi connectivity index (χ3v) is 19.2. The highest BCUT2D eigenvalue weighted by Gasteiger charge is 2.55. The molecule has 0 aliphatic rings. The van der Waals surface area contributed by atoms with E-state index in [9.17, 15) is 105 Å². The van der Waals surface area contributed by atoms with E-state index >= 15 is 70.2 Å². The van der Waals surface area contributed by atoms with E-state index in [2.05, 4.69) is 97.1 Å². The summed E-state index contributed by atoms with van der Waals surface area (Å²) >= 11 is 2.56. The van der Waals surface area contributed by atoms with Crippen LogP contribution in [0.25, 0.3) is 0 Å². The molecule has 0 atom stereocenters. The molecule has 0 heterocycles. The minimum absolute atomic E-state index is 1.28. The molecule has 0 bridgehead atoms. The molecule has 0 saturated carbocycles. The number of benzene rings is 12. The van der Waals surface area contributed by atoms with E-state index in [4.69, 9.17) is 0 Å². The molecule has 12 aromatic rings. The van der Waals surface area contributed by atoms with Gasteiger partial charge in [0.05, 0.1) is 0 Å². The fourth-order valence-corrected chi connectivity index (χ4v) is 13.9. The van der Waals surface area contributed by atoms with Gasteiger partial charge >= 0.3 is 0 Å². The highest BCUT2D eigenvalue weighted by Crippen LogP contribution is 2.35. The van der Waals surface area contributed by atoms with Crippen LogP contribution < -0.4 is 43.7 Å². The Balaban J connectivity index is 0.000000201. The van der Waals surface area contributed by atoms with Crippen molar-refractivity contribution in [2.24, 2.45) is 0 Å². The second kappa shape index (κ2) is 34.2. The molecule has 12 aromatic carbocycles. The van der Waals surface area contributed by atoms with Crippen LogP contribution in [0, 0.1) is 233 Å². The summed E-state index contributed by atoms with van der Waals surface area (Å²) in [6, 6.07) is 42.0. The Labute approximate surface area is 626 Å². The van der Waals surface area contributed by atoms with E-state index in [0.717, 1.165) is 0 Å². The zero-order valence-corrected chi connectivity index (χ0v) is 56.5. The van der Waals surface area contributed by atoms with Gasteiger partial charge < -0.3 is 0 Å². The molecule has 116 heavy (non-hydrogen) atoms. The molecule has 608 valence electrons. The van der Waals surface area contributed by atoms with Crippen molar-refractivity contribution in [1.82, 2.24) is 0 Å². The second-order valence-electron chi connectivity index (χ2n) is 23.2. The smallest absolute Gasteiger partial charge is 0.200 e. The lowest BCUT2D eigenvalue weighted by molar-refractivity contribution is 0.377. The lowest BCUT2D eigenvalue weighted by Gasteiger charge is -2.44. The number of halogens is 40. The first-order valence-corrected chi connectivity index (χ1v) is 32.2. The van der Waals surface area contributed by atoms with Gasteiger partial charge in [-0.3, -0.25) is 0 Å². The molecule has 12 rings (SSSR count). The molecule has 0 fully saturated rings. The molecule has 0 radical (unpaired) electrons. The summed E-state index contributed by atoms with van der Waals surface area (Å²) in [5.74, 6) is -143. The van der Waals surface area contributed by atoms with Crippen molar-refractivity contribution in [3.8, 4) is 0 Å². The molecule has 0 spiro atoms. The summed E-state index contributed by atoms with van der Waals surface area (Å²) in [7, 11) is 0. The Morgan fingerprint density at radius 2 is 0.190 bits per heavy atom. The third kappa shape index (κ3) is 14.7. The third-order valence-electron chi connectivity index (χ3n) is 17.0. The van der Waals surface area contributed by atoms with E-state index in [1.54, 1.807) is 0 Å². The van der Waals surface area contributed by atoms with Gasteiger partial charge in [0.2, 0.25) is 0 Å². The van der Waals surface area contributed by atoms with Gasteiger partial charge in [0.1, 0.15) is 105 Å². The summed E-state index contributed by atoms with van der Waals surface area (Å²) in [6.45, 7) is 0. The quantitative estimate of drug-likeness (QED) is 0.0286.